The third kappa shape index (κ3) is 4.67. The first-order chi connectivity index (χ1) is 14.0. The molecule has 2 unspecified atom stereocenters. The highest BCUT2D eigenvalue weighted by atomic mass is 19.1. The number of likely N-dealkylation sites (N-methyl/N-ethyl adjacent to an activating group) is 1. The molecule has 7 heteroatoms. The lowest BCUT2D eigenvalue weighted by molar-refractivity contribution is 0.154. The molecule has 29 heavy (non-hydrogen) atoms. The van der Waals surface area contributed by atoms with Crippen molar-refractivity contribution in [2.45, 2.75) is 25.0 Å². The highest BCUT2D eigenvalue weighted by Crippen LogP contribution is 2.46. The number of urea groups is 1. The molecular formula is C22H25F2N3O2. The van der Waals surface area contributed by atoms with Gasteiger partial charge in [0.2, 0.25) is 0 Å². The van der Waals surface area contributed by atoms with E-state index in [1.54, 1.807) is 4.90 Å². The Bertz CT molecular complexity index is 870. The molecule has 1 saturated heterocycles. The van der Waals surface area contributed by atoms with Crippen LogP contribution in [0.2, 0.25) is 0 Å². The van der Waals surface area contributed by atoms with Gasteiger partial charge >= 0.3 is 6.03 Å². The topological polar surface area (TPSA) is 44.8 Å². The lowest BCUT2D eigenvalue weighted by Crippen LogP contribution is -2.51. The molecule has 1 heterocycles. The minimum absolute atomic E-state index is 0.0663. The first kappa shape index (κ1) is 19.6. The van der Waals surface area contributed by atoms with Crippen molar-refractivity contribution >= 4 is 6.03 Å². The zero-order chi connectivity index (χ0) is 20.4. The molecular weight excluding hydrogens is 376 g/mol. The second-order valence-corrected chi connectivity index (χ2v) is 7.77. The summed E-state index contributed by atoms with van der Waals surface area (Å²) in [6.07, 6.45) is 0.643. The Hall–Kier alpha value is -2.67. The van der Waals surface area contributed by atoms with Crippen molar-refractivity contribution in [1.29, 1.82) is 0 Å². The summed E-state index contributed by atoms with van der Waals surface area (Å²) in [5, 5.41) is 2.99. The minimum Gasteiger partial charge on any atom is -0.486 e. The zero-order valence-electron chi connectivity index (χ0n) is 16.4. The lowest BCUT2D eigenvalue weighted by Gasteiger charge is -2.32. The number of rotatable bonds is 5. The highest BCUT2D eigenvalue weighted by molar-refractivity contribution is 5.75. The maximum atomic E-state index is 14.5. The monoisotopic (exact) mass is 401 g/mol. The van der Waals surface area contributed by atoms with Crippen LogP contribution in [0, 0.1) is 11.6 Å². The van der Waals surface area contributed by atoms with E-state index in [2.05, 4.69) is 10.2 Å². The number of piperazine rings is 1. The molecule has 154 valence electrons. The second-order valence-electron chi connectivity index (χ2n) is 7.77. The Balaban J connectivity index is 1.42. The van der Waals surface area contributed by atoms with E-state index < -0.39 is 11.6 Å². The summed E-state index contributed by atoms with van der Waals surface area (Å²) in [4.78, 5) is 16.4. The Morgan fingerprint density at radius 2 is 1.86 bits per heavy atom. The number of amides is 2. The van der Waals surface area contributed by atoms with Crippen LogP contribution in [-0.4, -0.2) is 55.1 Å². The summed E-state index contributed by atoms with van der Waals surface area (Å²) in [5.74, 6) is -1.44. The Kier molecular flexibility index (Phi) is 5.67. The van der Waals surface area contributed by atoms with Gasteiger partial charge in [-0.05, 0) is 25.1 Å². The van der Waals surface area contributed by atoms with E-state index in [1.807, 2.05) is 37.4 Å². The molecule has 2 aromatic carbocycles. The van der Waals surface area contributed by atoms with Gasteiger partial charge in [-0.15, -0.1) is 0 Å². The van der Waals surface area contributed by atoms with Gasteiger partial charge in [0.05, 0.1) is 0 Å². The smallest absolute Gasteiger partial charge is 0.317 e. The van der Waals surface area contributed by atoms with Gasteiger partial charge in [0.15, 0.2) is 11.6 Å². The van der Waals surface area contributed by atoms with E-state index in [-0.39, 0.29) is 30.3 Å². The van der Waals surface area contributed by atoms with Crippen molar-refractivity contribution in [1.82, 2.24) is 15.1 Å². The average Bonchev–Trinajstić information content (AvgIpc) is 3.47. The standard InChI is InChI=1S/C22H25F2N3O2/c1-26-7-9-27(10-8-26)22(28)25-20-13-17(20)18-11-16(23)12-19(24)21(18)29-14-15-5-3-2-4-6-15/h2-6,11-12,17,20H,7-10,13-14H2,1H3,(H,25,28). The second kappa shape index (κ2) is 8.37. The summed E-state index contributed by atoms with van der Waals surface area (Å²) in [6, 6.07) is 11.3. The number of carbonyl (C=O) groups is 1. The van der Waals surface area contributed by atoms with E-state index >= 15 is 0 Å². The van der Waals surface area contributed by atoms with Gasteiger partial charge in [0, 0.05) is 49.8 Å². The van der Waals surface area contributed by atoms with Crippen LogP contribution in [0.25, 0.3) is 0 Å². The summed E-state index contributed by atoms with van der Waals surface area (Å²) in [7, 11) is 2.03. The number of halogens is 2. The van der Waals surface area contributed by atoms with E-state index in [0.717, 1.165) is 24.7 Å². The van der Waals surface area contributed by atoms with Crippen LogP contribution in [0.1, 0.15) is 23.5 Å². The van der Waals surface area contributed by atoms with E-state index in [4.69, 9.17) is 4.74 Å². The van der Waals surface area contributed by atoms with E-state index in [9.17, 15) is 13.6 Å². The van der Waals surface area contributed by atoms with Crippen molar-refractivity contribution in [2.75, 3.05) is 33.2 Å². The Morgan fingerprint density at radius 3 is 2.59 bits per heavy atom. The van der Waals surface area contributed by atoms with Crippen LogP contribution in [0.5, 0.6) is 5.75 Å². The summed E-state index contributed by atoms with van der Waals surface area (Å²) in [5.41, 5.74) is 1.37. The molecule has 0 bridgehead atoms. The molecule has 2 aliphatic rings. The van der Waals surface area contributed by atoms with Gasteiger partial charge < -0.3 is 19.9 Å². The Morgan fingerprint density at radius 1 is 1.14 bits per heavy atom. The van der Waals surface area contributed by atoms with Gasteiger partial charge in [-0.1, -0.05) is 30.3 Å². The fourth-order valence-corrected chi connectivity index (χ4v) is 3.70. The predicted octanol–water partition coefficient (Wildman–Crippen LogP) is 3.36. The zero-order valence-corrected chi connectivity index (χ0v) is 16.4. The van der Waals surface area contributed by atoms with Crippen LogP contribution in [0.15, 0.2) is 42.5 Å². The largest absolute Gasteiger partial charge is 0.486 e. The van der Waals surface area contributed by atoms with Crippen LogP contribution in [0.3, 0.4) is 0 Å². The molecule has 2 amide bonds. The fraction of sp³-hybridized carbons (Fsp3) is 0.409. The summed E-state index contributed by atoms with van der Waals surface area (Å²) in [6.45, 7) is 3.24. The molecule has 0 aromatic heterocycles. The molecule has 0 spiro atoms. The van der Waals surface area contributed by atoms with Crippen molar-refractivity contribution in [3.63, 3.8) is 0 Å². The van der Waals surface area contributed by atoms with Crippen molar-refractivity contribution in [2.24, 2.45) is 0 Å². The first-order valence-electron chi connectivity index (χ1n) is 9.91. The normalized spacial score (nSPS) is 21.7. The van der Waals surface area contributed by atoms with Gasteiger partial charge in [0.1, 0.15) is 12.4 Å². The fourth-order valence-electron chi connectivity index (χ4n) is 3.70. The number of nitrogens with one attached hydrogen (secondary N) is 1. The van der Waals surface area contributed by atoms with Gasteiger partial charge in [-0.3, -0.25) is 0 Å². The van der Waals surface area contributed by atoms with Gasteiger partial charge in [0.25, 0.3) is 0 Å². The van der Waals surface area contributed by atoms with Crippen LogP contribution in [0.4, 0.5) is 13.6 Å². The van der Waals surface area contributed by atoms with Gasteiger partial charge in [-0.25, -0.2) is 13.6 Å². The number of hydrogen-bond donors (Lipinski definition) is 1. The van der Waals surface area contributed by atoms with Crippen LogP contribution in [-0.2, 0) is 6.61 Å². The molecule has 1 aliphatic carbocycles. The SMILES string of the molecule is CN1CCN(C(=O)NC2CC2c2cc(F)cc(F)c2OCc2ccccc2)CC1. The molecule has 5 nitrogen and oxygen atoms in total. The number of ether oxygens (including phenoxy) is 1. The first-order valence-corrected chi connectivity index (χ1v) is 9.91. The molecule has 2 aromatic rings. The summed E-state index contributed by atoms with van der Waals surface area (Å²) >= 11 is 0. The van der Waals surface area contributed by atoms with Crippen molar-refractivity contribution in [3.05, 3.63) is 65.2 Å². The number of nitrogens with zero attached hydrogens (tertiary/aromatic N) is 2. The van der Waals surface area contributed by atoms with Crippen molar-refractivity contribution < 1.29 is 18.3 Å². The third-order valence-electron chi connectivity index (χ3n) is 5.55. The predicted molar refractivity (Wildman–Crippen MR) is 106 cm³/mol. The number of hydrogen-bond acceptors (Lipinski definition) is 3. The third-order valence-corrected chi connectivity index (χ3v) is 5.55. The van der Waals surface area contributed by atoms with Crippen LogP contribution >= 0.6 is 0 Å². The average molecular weight is 401 g/mol. The van der Waals surface area contributed by atoms with E-state index in [0.29, 0.717) is 25.1 Å². The molecule has 0 radical (unpaired) electrons. The molecule has 2 atom stereocenters. The number of benzene rings is 2. The molecule has 1 aliphatic heterocycles. The van der Waals surface area contributed by atoms with Crippen LogP contribution < -0.4 is 10.1 Å². The molecule has 1 N–H and O–H groups in total. The molecule has 2 fully saturated rings. The maximum Gasteiger partial charge on any atom is 0.317 e. The Labute approximate surface area is 169 Å². The number of carbonyl (C=O) groups excluding carboxylic acids is 1. The maximum absolute atomic E-state index is 14.5. The highest BCUT2D eigenvalue weighted by Gasteiger charge is 2.43. The minimum atomic E-state index is -0.716. The molecule has 1 saturated carbocycles. The lowest BCUT2D eigenvalue weighted by atomic mass is 10.1. The van der Waals surface area contributed by atoms with Crippen molar-refractivity contribution in [3.8, 4) is 5.75 Å². The quantitative estimate of drug-likeness (QED) is 0.836. The van der Waals surface area contributed by atoms with E-state index in [1.165, 1.54) is 6.07 Å². The van der Waals surface area contributed by atoms with Gasteiger partial charge in [-0.2, -0.15) is 0 Å². The molecule has 4 rings (SSSR count). The summed E-state index contributed by atoms with van der Waals surface area (Å²) < 4.78 is 34.1.